The van der Waals surface area contributed by atoms with Crippen LogP contribution in [0.5, 0.6) is 5.75 Å². The van der Waals surface area contributed by atoms with Crippen LogP contribution >= 0.6 is 0 Å². The Morgan fingerprint density at radius 1 is 1.29 bits per heavy atom. The van der Waals surface area contributed by atoms with Crippen LogP contribution in [0.15, 0.2) is 24.3 Å². The van der Waals surface area contributed by atoms with Crippen LogP contribution in [0.2, 0.25) is 0 Å². The first-order chi connectivity index (χ1) is 10.1. The zero-order valence-electron chi connectivity index (χ0n) is 12.2. The van der Waals surface area contributed by atoms with E-state index in [4.69, 9.17) is 4.74 Å². The van der Waals surface area contributed by atoms with Gasteiger partial charge in [-0.15, -0.1) is 0 Å². The molecular weight excluding hydrogens is 270 g/mol. The Kier molecular flexibility index (Phi) is 5.20. The molecule has 1 aromatic carbocycles. The molecule has 114 valence electrons. The van der Waals surface area contributed by atoms with Crippen LogP contribution in [0.3, 0.4) is 0 Å². The minimum absolute atomic E-state index is 0.218. The minimum Gasteiger partial charge on any atom is -0.494 e. The molecule has 21 heavy (non-hydrogen) atoms. The van der Waals surface area contributed by atoms with E-state index in [1.165, 1.54) is 4.90 Å². The van der Waals surface area contributed by atoms with Gasteiger partial charge in [0.15, 0.2) is 0 Å². The molecule has 5 heteroatoms. The molecule has 1 aromatic rings. The second-order valence-corrected chi connectivity index (χ2v) is 5.22. The summed E-state index contributed by atoms with van der Waals surface area (Å²) >= 11 is 0. The third-order valence-corrected chi connectivity index (χ3v) is 3.62. The minimum atomic E-state index is -0.925. The number of aliphatic carboxylic acids is 1. The van der Waals surface area contributed by atoms with Crippen molar-refractivity contribution in [2.75, 3.05) is 13.2 Å². The molecule has 1 atom stereocenters. The Morgan fingerprint density at radius 2 is 2.00 bits per heavy atom. The first kappa shape index (κ1) is 15.4. The van der Waals surface area contributed by atoms with Gasteiger partial charge in [-0.2, -0.15) is 0 Å². The van der Waals surface area contributed by atoms with Crippen LogP contribution in [0.1, 0.15) is 43.0 Å². The summed E-state index contributed by atoms with van der Waals surface area (Å²) in [6.07, 6.45) is 3.16. The molecule has 1 aliphatic rings. The molecule has 1 N–H and O–H groups in total. The number of hydrogen-bond acceptors (Lipinski definition) is 3. The molecule has 1 amide bonds. The number of rotatable bonds is 5. The highest BCUT2D eigenvalue weighted by Crippen LogP contribution is 2.21. The summed E-state index contributed by atoms with van der Waals surface area (Å²) in [6, 6.07) is 6.19. The Hall–Kier alpha value is -2.04. The van der Waals surface area contributed by atoms with E-state index in [1.807, 2.05) is 6.92 Å². The third kappa shape index (κ3) is 3.74. The maximum Gasteiger partial charge on any atom is 0.326 e. The highest BCUT2D eigenvalue weighted by molar-refractivity contribution is 5.96. The third-order valence-electron chi connectivity index (χ3n) is 3.62. The normalized spacial score (nSPS) is 18.3. The van der Waals surface area contributed by atoms with E-state index in [2.05, 4.69) is 0 Å². The van der Waals surface area contributed by atoms with Gasteiger partial charge < -0.3 is 14.7 Å². The molecular formula is C16H21NO4. The maximum atomic E-state index is 12.5. The van der Waals surface area contributed by atoms with Crippen molar-refractivity contribution in [2.24, 2.45) is 0 Å². The van der Waals surface area contributed by atoms with Crippen LogP contribution in [-0.4, -0.2) is 41.1 Å². The summed E-state index contributed by atoms with van der Waals surface area (Å²) in [5.74, 6) is -0.420. The smallest absolute Gasteiger partial charge is 0.326 e. The lowest BCUT2D eigenvalue weighted by Gasteiger charge is -2.33. The molecule has 1 heterocycles. The van der Waals surface area contributed by atoms with E-state index in [0.717, 1.165) is 25.0 Å². The first-order valence-corrected chi connectivity index (χ1v) is 7.40. The highest BCUT2D eigenvalue weighted by atomic mass is 16.5. The van der Waals surface area contributed by atoms with Gasteiger partial charge in [0.1, 0.15) is 11.8 Å². The van der Waals surface area contributed by atoms with Gasteiger partial charge in [0.2, 0.25) is 0 Å². The fraction of sp³-hybridized carbons (Fsp3) is 0.500. The van der Waals surface area contributed by atoms with Crippen molar-refractivity contribution in [1.82, 2.24) is 4.90 Å². The summed E-state index contributed by atoms with van der Waals surface area (Å²) in [6.45, 7) is 3.17. The van der Waals surface area contributed by atoms with E-state index in [1.54, 1.807) is 24.3 Å². The van der Waals surface area contributed by atoms with Crippen molar-refractivity contribution < 1.29 is 19.4 Å². The standard InChI is InChI=1S/C16H21NO4/c1-2-11-21-13-8-6-12(7-9-13)15(18)17-10-4-3-5-14(17)16(19)20/h6-9,14H,2-5,10-11H2,1H3,(H,19,20)/t14-/m1/s1. The number of likely N-dealkylation sites (tertiary alicyclic amines) is 1. The summed E-state index contributed by atoms with van der Waals surface area (Å²) in [5, 5.41) is 9.23. The number of carbonyl (C=O) groups excluding carboxylic acids is 1. The van der Waals surface area contributed by atoms with Gasteiger partial charge in [-0.25, -0.2) is 4.79 Å². The first-order valence-electron chi connectivity index (χ1n) is 7.40. The van der Waals surface area contributed by atoms with Gasteiger partial charge in [0.05, 0.1) is 6.61 Å². The SMILES string of the molecule is CCCOc1ccc(C(=O)N2CCCC[C@@H]2C(=O)O)cc1. The predicted molar refractivity (Wildman–Crippen MR) is 78.5 cm³/mol. The average molecular weight is 291 g/mol. The molecule has 0 bridgehead atoms. The molecule has 0 spiro atoms. The summed E-state index contributed by atoms with van der Waals surface area (Å²) in [5.41, 5.74) is 0.506. The van der Waals surface area contributed by atoms with Crippen LogP contribution in [0.4, 0.5) is 0 Å². The zero-order chi connectivity index (χ0) is 15.2. The van der Waals surface area contributed by atoms with Gasteiger partial charge in [-0.1, -0.05) is 6.92 Å². The number of hydrogen-bond donors (Lipinski definition) is 1. The number of benzene rings is 1. The van der Waals surface area contributed by atoms with Crippen molar-refractivity contribution in [1.29, 1.82) is 0 Å². The van der Waals surface area contributed by atoms with Crippen LogP contribution in [0, 0.1) is 0 Å². The molecule has 0 saturated carbocycles. The van der Waals surface area contributed by atoms with E-state index >= 15 is 0 Å². The van der Waals surface area contributed by atoms with Gasteiger partial charge in [0.25, 0.3) is 5.91 Å². The second-order valence-electron chi connectivity index (χ2n) is 5.22. The van der Waals surface area contributed by atoms with Crippen molar-refractivity contribution in [2.45, 2.75) is 38.6 Å². The lowest BCUT2D eigenvalue weighted by Crippen LogP contribution is -2.47. The number of amides is 1. The van der Waals surface area contributed by atoms with Crippen LogP contribution < -0.4 is 4.74 Å². The lowest BCUT2D eigenvalue weighted by molar-refractivity contribution is -0.143. The summed E-state index contributed by atoms with van der Waals surface area (Å²) < 4.78 is 5.48. The van der Waals surface area contributed by atoms with Crippen LogP contribution in [0.25, 0.3) is 0 Å². The number of nitrogens with zero attached hydrogens (tertiary/aromatic N) is 1. The van der Waals surface area contributed by atoms with Gasteiger partial charge >= 0.3 is 5.97 Å². The number of carboxylic acid groups (broad SMARTS) is 1. The fourth-order valence-electron chi connectivity index (χ4n) is 2.51. The number of carboxylic acids is 1. The van der Waals surface area contributed by atoms with Crippen molar-refractivity contribution in [3.63, 3.8) is 0 Å². The molecule has 0 radical (unpaired) electrons. The second kappa shape index (κ2) is 7.11. The summed E-state index contributed by atoms with van der Waals surface area (Å²) in [7, 11) is 0. The maximum absolute atomic E-state index is 12.5. The van der Waals surface area contributed by atoms with Crippen LogP contribution in [-0.2, 0) is 4.79 Å². The topological polar surface area (TPSA) is 66.8 Å². The van der Waals surface area contributed by atoms with E-state index < -0.39 is 12.0 Å². The Bertz CT molecular complexity index is 498. The molecule has 5 nitrogen and oxygen atoms in total. The zero-order valence-corrected chi connectivity index (χ0v) is 12.2. The lowest BCUT2D eigenvalue weighted by atomic mass is 10.0. The van der Waals surface area contributed by atoms with Gasteiger partial charge in [-0.05, 0) is 49.9 Å². The predicted octanol–water partition coefficient (Wildman–Crippen LogP) is 2.55. The Balaban J connectivity index is 2.09. The van der Waals surface area contributed by atoms with E-state index in [9.17, 15) is 14.7 Å². The number of carbonyl (C=O) groups is 2. The quantitative estimate of drug-likeness (QED) is 0.905. The molecule has 0 unspecified atom stereocenters. The molecule has 1 fully saturated rings. The molecule has 2 rings (SSSR count). The highest BCUT2D eigenvalue weighted by Gasteiger charge is 2.32. The monoisotopic (exact) mass is 291 g/mol. The van der Waals surface area contributed by atoms with Crippen molar-refractivity contribution >= 4 is 11.9 Å². The van der Waals surface area contributed by atoms with Crippen molar-refractivity contribution in [3.05, 3.63) is 29.8 Å². The van der Waals surface area contributed by atoms with E-state index in [-0.39, 0.29) is 5.91 Å². The molecule has 0 aliphatic carbocycles. The number of piperidine rings is 1. The molecule has 1 saturated heterocycles. The largest absolute Gasteiger partial charge is 0.494 e. The average Bonchev–Trinajstić information content (AvgIpc) is 2.52. The Morgan fingerprint density at radius 3 is 2.62 bits per heavy atom. The van der Waals surface area contributed by atoms with Gasteiger partial charge in [-0.3, -0.25) is 4.79 Å². The molecule has 1 aliphatic heterocycles. The number of ether oxygens (including phenoxy) is 1. The molecule has 0 aromatic heterocycles. The van der Waals surface area contributed by atoms with E-state index in [0.29, 0.717) is 25.1 Å². The summed E-state index contributed by atoms with van der Waals surface area (Å²) in [4.78, 5) is 25.2. The van der Waals surface area contributed by atoms with Crippen molar-refractivity contribution in [3.8, 4) is 5.75 Å². The van der Waals surface area contributed by atoms with Gasteiger partial charge in [0, 0.05) is 12.1 Å². The Labute approximate surface area is 124 Å². The fourth-order valence-corrected chi connectivity index (χ4v) is 2.51.